The van der Waals surface area contributed by atoms with Crippen molar-refractivity contribution in [1.29, 1.82) is 0 Å². The van der Waals surface area contributed by atoms with E-state index in [1.807, 2.05) is 30.3 Å². The van der Waals surface area contributed by atoms with Crippen molar-refractivity contribution < 1.29 is 14.3 Å². The lowest BCUT2D eigenvalue weighted by molar-refractivity contribution is -0.111. The van der Waals surface area contributed by atoms with Crippen LogP contribution in [-0.2, 0) is 4.79 Å². The van der Waals surface area contributed by atoms with Gasteiger partial charge in [-0.15, -0.1) is 0 Å². The standard InChI is InChI=1S/C20H21NO3/c1-3-14(2)16-6-8-17(9-7-16)21-20(22)11-5-15-4-10-18-19(12-15)24-13-23-18/h4-12,14H,3,13H2,1-2H3,(H,21,22)/b11-5+. The minimum atomic E-state index is -0.163. The predicted molar refractivity (Wildman–Crippen MR) is 95.4 cm³/mol. The maximum absolute atomic E-state index is 12.0. The monoisotopic (exact) mass is 323 g/mol. The molecule has 2 aromatic carbocycles. The maximum atomic E-state index is 12.0. The molecule has 0 fully saturated rings. The molecule has 0 aromatic heterocycles. The molecule has 1 atom stereocenters. The summed E-state index contributed by atoms with van der Waals surface area (Å²) in [6, 6.07) is 13.6. The van der Waals surface area contributed by atoms with Crippen molar-refractivity contribution in [1.82, 2.24) is 0 Å². The van der Waals surface area contributed by atoms with Crippen molar-refractivity contribution in [3.8, 4) is 11.5 Å². The summed E-state index contributed by atoms with van der Waals surface area (Å²) in [7, 11) is 0. The number of carbonyl (C=O) groups excluding carboxylic acids is 1. The van der Waals surface area contributed by atoms with Gasteiger partial charge in [0.25, 0.3) is 0 Å². The Bertz CT molecular complexity index is 750. The maximum Gasteiger partial charge on any atom is 0.248 e. The summed E-state index contributed by atoms with van der Waals surface area (Å²) in [5, 5.41) is 2.87. The van der Waals surface area contributed by atoms with Crippen LogP contribution in [0.2, 0.25) is 0 Å². The number of benzene rings is 2. The highest BCUT2D eigenvalue weighted by atomic mass is 16.7. The van der Waals surface area contributed by atoms with Crippen LogP contribution in [0.3, 0.4) is 0 Å². The van der Waals surface area contributed by atoms with Gasteiger partial charge in [-0.05, 0) is 53.8 Å². The number of amides is 1. The van der Waals surface area contributed by atoms with Crippen molar-refractivity contribution in [2.75, 3.05) is 12.1 Å². The van der Waals surface area contributed by atoms with Gasteiger partial charge in [-0.1, -0.05) is 32.0 Å². The summed E-state index contributed by atoms with van der Waals surface area (Å²) < 4.78 is 10.6. The fraction of sp³-hybridized carbons (Fsp3) is 0.250. The first kappa shape index (κ1) is 16.1. The van der Waals surface area contributed by atoms with Crippen molar-refractivity contribution in [3.63, 3.8) is 0 Å². The second-order valence-electron chi connectivity index (χ2n) is 5.87. The minimum Gasteiger partial charge on any atom is -0.454 e. The number of carbonyl (C=O) groups is 1. The summed E-state index contributed by atoms with van der Waals surface area (Å²) in [5.41, 5.74) is 2.97. The Kier molecular flexibility index (Phi) is 4.85. The second kappa shape index (κ2) is 7.21. The average Bonchev–Trinajstić information content (AvgIpc) is 3.07. The zero-order valence-corrected chi connectivity index (χ0v) is 13.9. The molecule has 1 heterocycles. The van der Waals surface area contributed by atoms with Gasteiger partial charge >= 0.3 is 0 Å². The number of ether oxygens (including phenoxy) is 2. The number of nitrogens with one attached hydrogen (secondary N) is 1. The molecule has 0 saturated carbocycles. The van der Waals surface area contributed by atoms with Gasteiger partial charge < -0.3 is 14.8 Å². The van der Waals surface area contributed by atoms with Crippen LogP contribution in [0.4, 0.5) is 5.69 Å². The van der Waals surface area contributed by atoms with Crippen LogP contribution in [0.1, 0.15) is 37.3 Å². The molecule has 0 radical (unpaired) electrons. The van der Waals surface area contributed by atoms with Crippen LogP contribution in [-0.4, -0.2) is 12.7 Å². The first-order valence-corrected chi connectivity index (χ1v) is 8.14. The highest BCUT2D eigenvalue weighted by Gasteiger charge is 2.12. The zero-order valence-electron chi connectivity index (χ0n) is 13.9. The smallest absolute Gasteiger partial charge is 0.248 e. The van der Waals surface area contributed by atoms with Gasteiger partial charge in [0.1, 0.15) is 0 Å². The molecular formula is C20H21NO3. The summed E-state index contributed by atoms with van der Waals surface area (Å²) in [4.78, 5) is 12.0. The summed E-state index contributed by atoms with van der Waals surface area (Å²) in [5.74, 6) is 1.81. The number of anilines is 1. The fourth-order valence-corrected chi connectivity index (χ4v) is 2.50. The van der Waals surface area contributed by atoms with Crippen molar-refractivity contribution in [2.24, 2.45) is 0 Å². The van der Waals surface area contributed by atoms with Crippen molar-refractivity contribution in [3.05, 3.63) is 59.7 Å². The predicted octanol–water partition coefficient (Wildman–Crippen LogP) is 4.58. The highest BCUT2D eigenvalue weighted by molar-refractivity contribution is 6.01. The first-order valence-electron chi connectivity index (χ1n) is 8.14. The number of fused-ring (bicyclic) bond motifs is 1. The first-order chi connectivity index (χ1) is 11.7. The van der Waals surface area contributed by atoms with E-state index in [0.717, 1.165) is 23.4 Å². The number of hydrogen-bond acceptors (Lipinski definition) is 3. The molecule has 0 saturated heterocycles. The van der Waals surface area contributed by atoms with Gasteiger partial charge in [0.05, 0.1) is 0 Å². The molecule has 24 heavy (non-hydrogen) atoms. The van der Waals surface area contributed by atoms with Crippen LogP contribution >= 0.6 is 0 Å². The molecule has 0 aliphatic carbocycles. The van der Waals surface area contributed by atoms with E-state index in [2.05, 4.69) is 31.3 Å². The van der Waals surface area contributed by atoms with E-state index in [-0.39, 0.29) is 12.7 Å². The third kappa shape index (κ3) is 3.77. The third-order valence-corrected chi connectivity index (χ3v) is 4.18. The Balaban J connectivity index is 1.61. The van der Waals surface area contributed by atoms with Gasteiger partial charge in [-0.2, -0.15) is 0 Å². The molecular weight excluding hydrogens is 302 g/mol. The van der Waals surface area contributed by atoms with Gasteiger partial charge in [0.15, 0.2) is 11.5 Å². The van der Waals surface area contributed by atoms with E-state index in [1.54, 1.807) is 6.08 Å². The van der Waals surface area contributed by atoms with Crippen molar-refractivity contribution >= 4 is 17.7 Å². The summed E-state index contributed by atoms with van der Waals surface area (Å²) >= 11 is 0. The molecule has 1 N–H and O–H groups in total. The van der Waals surface area contributed by atoms with E-state index in [1.165, 1.54) is 11.6 Å². The second-order valence-corrected chi connectivity index (χ2v) is 5.87. The Labute approximate surface area is 142 Å². The lowest BCUT2D eigenvalue weighted by Crippen LogP contribution is -2.07. The van der Waals surface area contributed by atoms with E-state index in [4.69, 9.17) is 9.47 Å². The quantitative estimate of drug-likeness (QED) is 0.819. The SMILES string of the molecule is CCC(C)c1ccc(NC(=O)/C=C/c2ccc3c(c2)OCO3)cc1. The molecule has 1 amide bonds. The highest BCUT2D eigenvalue weighted by Crippen LogP contribution is 2.32. The minimum absolute atomic E-state index is 0.163. The van der Waals surface area contributed by atoms with E-state index < -0.39 is 0 Å². The molecule has 1 aliphatic rings. The molecule has 3 rings (SSSR count). The Morgan fingerprint density at radius 1 is 1.17 bits per heavy atom. The molecule has 124 valence electrons. The Hall–Kier alpha value is -2.75. The Morgan fingerprint density at radius 3 is 2.67 bits per heavy atom. The van der Waals surface area contributed by atoms with Crippen LogP contribution < -0.4 is 14.8 Å². The summed E-state index contributed by atoms with van der Waals surface area (Å²) in [6.07, 6.45) is 4.37. The molecule has 1 unspecified atom stereocenters. The fourth-order valence-electron chi connectivity index (χ4n) is 2.50. The van der Waals surface area contributed by atoms with Gasteiger partial charge in [-0.25, -0.2) is 0 Å². The van der Waals surface area contributed by atoms with Crippen LogP contribution in [0.25, 0.3) is 6.08 Å². The molecule has 4 nitrogen and oxygen atoms in total. The molecule has 1 aliphatic heterocycles. The average molecular weight is 323 g/mol. The Morgan fingerprint density at radius 2 is 1.92 bits per heavy atom. The molecule has 2 aromatic rings. The summed E-state index contributed by atoms with van der Waals surface area (Å²) in [6.45, 7) is 4.61. The van der Waals surface area contributed by atoms with E-state index in [9.17, 15) is 4.79 Å². The van der Waals surface area contributed by atoms with Crippen LogP contribution in [0.15, 0.2) is 48.5 Å². The van der Waals surface area contributed by atoms with Crippen LogP contribution in [0.5, 0.6) is 11.5 Å². The molecule has 4 heteroatoms. The lowest BCUT2D eigenvalue weighted by atomic mass is 9.99. The topological polar surface area (TPSA) is 47.6 Å². The zero-order chi connectivity index (χ0) is 16.9. The van der Waals surface area contributed by atoms with Crippen molar-refractivity contribution in [2.45, 2.75) is 26.2 Å². The van der Waals surface area contributed by atoms with Gasteiger partial charge in [0.2, 0.25) is 12.7 Å². The van der Waals surface area contributed by atoms with E-state index >= 15 is 0 Å². The van der Waals surface area contributed by atoms with Gasteiger partial charge in [0, 0.05) is 11.8 Å². The van der Waals surface area contributed by atoms with Gasteiger partial charge in [-0.3, -0.25) is 4.79 Å². The lowest BCUT2D eigenvalue weighted by Gasteiger charge is -2.09. The van der Waals surface area contributed by atoms with Crippen LogP contribution in [0, 0.1) is 0 Å². The molecule has 0 spiro atoms. The van der Waals surface area contributed by atoms with E-state index in [0.29, 0.717) is 11.7 Å². The molecule has 0 bridgehead atoms. The number of rotatable bonds is 5. The normalized spacial score (nSPS) is 13.9. The third-order valence-electron chi connectivity index (χ3n) is 4.18. The number of hydrogen-bond donors (Lipinski definition) is 1. The largest absolute Gasteiger partial charge is 0.454 e.